The van der Waals surface area contributed by atoms with E-state index in [4.69, 9.17) is 4.74 Å². The molecular formula is C24H24N2O2. The molecule has 0 heterocycles. The van der Waals surface area contributed by atoms with Crippen LogP contribution in [0.15, 0.2) is 84.0 Å². The van der Waals surface area contributed by atoms with E-state index in [0.29, 0.717) is 13.0 Å². The molecule has 3 aromatic rings. The number of aryl methyl sites for hydroxylation is 1. The van der Waals surface area contributed by atoms with Crippen LogP contribution in [0.1, 0.15) is 29.2 Å². The van der Waals surface area contributed by atoms with Crippen LogP contribution in [-0.4, -0.2) is 12.1 Å². The molecule has 0 unspecified atom stereocenters. The van der Waals surface area contributed by atoms with Crippen LogP contribution in [0.4, 0.5) is 0 Å². The second-order valence-corrected chi connectivity index (χ2v) is 6.45. The number of nitrogens with one attached hydrogen (secondary N) is 1. The van der Waals surface area contributed by atoms with Crippen LogP contribution in [0.5, 0.6) is 5.75 Å². The van der Waals surface area contributed by atoms with Crippen LogP contribution in [0.25, 0.3) is 0 Å². The fraction of sp³-hybridized carbons (Fsp3) is 0.167. The van der Waals surface area contributed by atoms with Gasteiger partial charge in [-0.3, -0.25) is 4.79 Å². The first-order valence-corrected chi connectivity index (χ1v) is 9.40. The summed E-state index contributed by atoms with van der Waals surface area (Å²) in [5.41, 5.74) is 6.72. The van der Waals surface area contributed by atoms with E-state index in [1.54, 1.807) is 6.21 Å². The molecule has 0 spiro atoms. The Bertz CT molecular complexity index is 919. The lowest BCUT2D eigenvalue weighted by Gasteiger charge is -2.09. The lowest BCUT2D eigenvalue weighted by Crippen LogP contribution is -2.19. The molecule has 0 aliphatic rings. The molecule has 0 radical (unpaired) electrons. The number of rotatable bonds is 8. The number of hydrazone groups is 1. The first-order chi connectivity index (χ1) is 13.7. The summed E-state index contributed by atoms with van der Waals surface area (Å²) in [5, 5.41) is 4.08. The average Bonchev–Trinajstić information content (AvgIpc) is 2.74. The minimum absolute atomic E-state index is 0.150. The zero-order valence-corrected chi connectivity index (χ0v) is 16.0. The highest BCUT2D eigenvalue weighted by Gasteiger charge is 2.04. The summed E-state index contributed by atoms with van der Waals surface area (Å²) >= 11 is 0. The quantitative estimate of drug-likeness (QED) is 0.467. The van der Waals surface area contributed by atoms with Gasteiger partial charge in [0.05, 0.1) is 12.6 Å². The van der Waals surface area contributed by atoms with E-state index in [2.05, 4.69) is 17.5 Å². The molecule has 0 aliphatic heterocycles. The molecule has 28 heavy (non-hydrogen) atoms. The lowest BCUT2D eigenvalue weighted by molar-refractivity contribution is -0.120. The number of hydrogen-bond acceptors (Lipinski definition) is 3. The Morgan fingerprint density at radius 2 is 1.57 bits per heavy atom. The van der Waals surface area contributed by atoms with Crippen molar-refractivity contribution in [2.45, 2.75) is 26.4 Å². The van der Waals surface area contributed by atoms with Crippen molar-refractivity contribution in [3.63, 3.8) is 0 Å². The predicted molar refractivity (Wildman–Crippen MR) is 112 cm³/mol. The van der Waals surface area contributed by atoms with Crippen LogP contribution in [0, 0.1) is 0 Å². The largest absolute Gasteiger partial charge is 0.488 e. The molecule has 0 aliphatic carbocycles. The number of ether oxygens (including phenoxy) is 1. The van der Waals surface area contributed by atoms with Gasteiger partial charge in [-0.25, -0.2) is 5.43 Å². The third kappa shape index (κ3) is 5.81. The molecule has 0 saturated carbocycles. The SMILES string of the molecule is CCc1ccc(CC(=O)N/N=C/c2ccccc2OCc2ccccc2)cc1. The third-order valence-electron chi connectivity index (χ3n) is 4.34. The van der Waals surface area contributed by atoms with Crippen molar-refractivity contribution in [2.75, 3.05) is 0 Å². The van der Waals surface area contributed by atoms with Gasteiger partial charge < -0.3 is 4.74 Å². The maximum absolute atomic E-state index is 12.1. The van der Waals surface area contributed by atoms with Crippen molar-refractivity contribution in [2.24, 2.45) is 5.10 Å². The highest BCUT2D eigenvalue weighted by atomic mass is 16.5. The molecule has 1 amide bonds. The van der Waals surface area contributed by atoms with Gasteiger partial charge in [0.25, 0.3) is 0 Å². The number of carbonyl (C=O) groups is 1. The number of benzene rings is 3. The van der Waals surface area contributed by atoms with E-state index >= 15 is 0 Å². The Morgan fingerprint density at radius 3 is 2.32 bits per heavy atom. The van der Waals surface area contributed by atoms with Crippen molar-refractivity contribution >= 4 is 12.1 Å². The number of para-hydroxylation sites is 1. The Kier molecular flexibility index (Phi) is 6.96. The number of amides is 1. The first kappa shape index (κ1) is 19.4. The minimum atomic E-state index is -0.150. The fourth-order valence-electron chi connectivity index (χ4n) is 2.75. The van der Waals surface area contributed by atoms with Crippen LogP contribution in [-0.2, 0) is 24.2 Å². The zero-order chi connectivity index (χ0) is 19.6. The monoisotopic (exact) mass is 372 g/mol. The molecule has 3 rings (SSSR count). The number of carbonyl (C=O) groups excluding carboxylic acids is 1. The molecule has 142 valence electrons. The maximum atomic E-state index is 12.1. The van der Waals surface area contributed by atoms with Gasteiger partial charge >= 0.3 is 0 Å². The predicted octanol–water partition coefficient (Wildman–Crippen LogP) is 4.52. The minimum Gasteiger partial charge on any atom is -0.488 e. The Hall–Kier alpha value is -3.40. The van der Waals surface area contributed by atoms with Crippen molar-refractivity contribution in [1.82, 2.24) is 5.43 Å². The maximum Gasteiger partial charge on any atom is 0.244 e. The Morgan fingerprint density at radius 1 is 0.893 bits per heavy atom. The van der Waals surface area contributed by atoms with E-state index < -0.39 is 0 Å². The number of nitrogens with zero attached hydrogens (tertiary/aromatic N) is 1. The van der Waals surface area contributed by atoms with E-state index in [1.807, 2.05) is 78.9 Å². The zero-order valence-electron chi connectivity index (χ0n) is 16.0. The summed E-state index contributed by atoms with van der Waals surface area (Å²) in [6.07, 6.45) is 2.90. The van der Waals surface area contributed by atoms with Crippen molar-refractivity contribution in [1.29, 1.82) is 0 Å². The molecule has 3 aromatic carbocycles. The van der Waals surface area contributed by atoms with Crippen LogP contribution < -0.4 is 10.2 Å². The van der Waals surface area contributed by atoms with Gasteiger partial charge in [0.15, 0.2) is 0 Å². The van der Waals surface area contributed by atoms with Crippen molar-refractivity contribution in [3.8, 4) is 5.75 Å². The van der Waals surface area contributed by atoms with Crippen LogP contribution in [0.3, 0.4) is 0 Å². The van der Waals surface area contributed by atoms with E-state index in [9.17, 15) is 4.79 Å². The van der Waals surface area contributed by atoms with Gasteiger partial charge in [-0.05, 0) is 35.2 Å². The molecule has 4 nitrogen and oxygen atoms in total. The van der Waals surface area contributed by atoms with Gasteiger partial charge in [-0.2, -0.15) is 5.10 Å². The summed E-state index contributed by atoms with van der Waals surface area (Å²) in [7, 11) is 0. The normalized spacial score (nSPS) is 10.8. The molecule has 0 fully saturated rings. The molecule has 0 bridgehead atoms. The van der Waals surface area contributed by atoms with Crippen LogP contribution >= 0.6 is 0 Å². The Balaban J connectivity index is 1.55. The summed E-state index contributed by atoms with van der Waals surface area (Å²) in [4.78, 5) is 12.1. The standard InChI is InChI=1S/C24H24N2O2/c1-2-19-12-14-20(15-13-19)16-24(27)26-25-17-22-10-6-7-11-23(22)28-18-21-8-4-3-5-9-21/h3-15,17H,2,16,18H2,1H3,(H,26,27)/b25-17+. The summed E-state index contributed by atoms with van der Waals surface area (Å²) < 4.78 is 5.89. The van der Waals surface area contributed by atoms with E-state index in [-0.39, 0.29) is 5.91 Å². The molecule has 0 atom stereocenters. The van der Waals surface area contributed by atoms with Crippen molar-refractivity contribution in [3.05, 3.63) is 101 Å². The smallest absolute Gasteiger partial charge is 0.244 e. The van der Waals surface area contributed by atoms with Crippen molar-refractivity contribution < 1.29 is 9.53 Å². The third-order valence-corrected chi connectivity index (χ3v) is 4.34. The second-order valence-electron chi connectivity index (χ2n) is 6.45. The second kappa shape index (κ2) is 10.1. The van der Waals surface area contributed by atoms with E-state index in [1.165, 1.54) is 5.56 Å². The van der Waals surface area contributed by atoms with Gasteiger partial charge in [0.2, 0.25) is 5.91 Å². The summed E-state index contributed by atoms with van der Waals surface area (Å²) in [5.74, 6) is 0.572. The Labute approximate surface area is 165 Å². The van der Waals surface area contributed by atoms with Gasteiger partial charge in [0, 0.05) is 5.56 Å². The highest BCUT2D eigenvalue weighted by molar-refractivity contribution is 5.85. The lowest BCUT2D eigenvalue weighted by atomic mass is 10.1. The average molecular weight is 372 g/mol. The topological polar surface area (TPSA) is 50.7 Å². The first-order valence-electron chi connectivity index (χ1n) is 9.40. The van der Waals surface area contributed by atoms with Crippen LogP contribution in [0.2, 0.25) is 0 Å². The molecule has 0 aromatic heterocycles. The highest BCUT2D eigenvalue weighted by Crippen LogP contribution is 2.17. The van der Waals surface area contributed by atoms with E-state index in [0.717, 1.165) is 28.9 Å². The number of hydrogen-bond donors (Lipinski definition) is 1. The fourth-order valence-corrected chi connectivity index (χ4v) is 2.75. The molecule has 0 saturated heterocycles. The molecule has 4 heteroatoms. The molecule has 1 N–H and O–H groups in total. The molecular weight excluding hydrogens is 348 g/mol. The van der Waals surface area contributed by atoms with Gasteiger partial charge in [-0.15, -0.1) is 0 Å². The van der Waals surface area contributed by atoms with Gasteiger partial charge in [0.1, 0.15) is 12.4 Å². The van der Waals surface area contributed by atoms with Gasteiger partial charge in [-0.1, -0.05) is 73.7 Å². The summed E-state index contributed by atoms with van der Waals surface area (Å²) in [6, 6.07) is 25.7. The summed E-state index contributed by atoms with van der Waals surface area (Å²) in [6.45, 7) is 2.59.